The first-order valence-corrected chi connectivity index (χ1v) is 11.1. The minimum absolute atomic E-state index is 0.0574. The van der Waals surface area contributed by atoms with Crippen molar-refractivity contribution in [3.05, 3.63) is 10.6 Å². The lowest BCUT2D eigenvalue weighted by atomic mass is 9.73. The number of carbonyl (C=O) groups is 2. The van der Waals surface area contributed by atoms with Gasteiger partial charge in [0.1, 0.15) is 4.88 Å². The third kappa shape index (κ3) is 4.68. The normalized spacial score (nSPS) is 23.5. The minimum atomic E-state index is 0.0574. The molecule has 1 aromatic rings. The number of amides is 2. The Morgan fingerprint density at radius 3 is 2.85 bits per heavy atom. The molecule has 0 bridgehead atoms. The molecule has 0 radical (unpaired) electrons. The predicted molar refractivity (Wildman–Crippen MR) is 107 cm³/mol. The third-order valence-electron chi connectivity index (χ3n) is 5.91. The highest BCUT2D eigenvalue weighted by atomic mass is 32.1. The molecule has 2 fully saturated rings. The highest BCUT2D eigenvalue weighted by Gasteiger charge is 2.43. The van der Waals surface area contributed by atoms with Gasteiger partial charge in [0.05, 0.1) is 5.69 Å². The fourth-order valence-corrected chi connectivity index (χ4v) is 5.03. The second kappa shape index (κ2) is 8.67. The zero-order valence-corrected chi connectivity index (χ0v) is 17.7. The molecule has 2 amide bonds. The maximum absolute atomic E-state index is 13.1. The second-order valence-corrected chi connectivity index (χ2v) is 9.38. The number of nitrogens with zero attached hydrogens (tertiary/aromatic N) is 4. The van der Waals surface area contributed by atoms with Gasteiger partial charge in [0.2, 0.25) is 5.91 Å². The maximum atomic E-state index is 13.1. The quantitative estimate of drug-likeness (QED) is 0.744. The van der Waals surface area contributed by atoms with E-state index in [4.69, 9.17) is 0 Å². The van der Waals surface area contributed by atoms with E-state index in [1.807, 2.05) is 9.80 Å². The summed E-state index contributed by atoms with van der Waals surface area (Å²) in [6, 6.07) is 0. The summed E-state index contributed by atoms with van der Waals surface area (Å²) < 4.78 is 4.01. The lowest BCUT2D eigenvalue weighted by Gasteiger charge is -2.48. The molecule has 0 aromatic carbocycles. The van der Waals surface area contributed by atoms with E-state index in [0.717, 1.165) is 70.4 Å². The van der Waals surface area contributed by atoms with Gasteiger partial charge in [-0.2, -0.15) is 0 Å². The van der Waals surface area contributed by atoms with E-state index < -0.39 is 0 Å². The van der Waals surface area contributed by atoms with Crippen molar-refractivity contribution in [1.82, 2.24) is 19.4 Å². The number of aryl methyl sites for hydroxylation is 1. The minimum Gasteiger partial charge on any atom is -0.342 e. The summed E-state index contributed by atoms with van der Waals surface area (Å²) in [4.78, 5) is 30.3. The van der Waals surface area contributed by atoms with Crippen LogP contribution in [-0.4, -0.2) is 57.4 Å². The topological polar surface area (TPSA) is 66.4 Å². The van der Waals surface area contributed by atoms with Crippen LogP contribution in [0, 0.1) is 11.3 Å². The van der Waals surface area contributed by atoms with Crippen molar-refractivity contribution >= 4 is 23.3 Å². The van der Waals surface area contributed by atoms with Crippen LogP contribution in [0.25, 0.3) is 0 Å². The maximum Gasteiger partial charge on any atom is 0.267 e. The fraction of sp³-hybridized carbons (Fsp3) is 0.800. The van der Waals surface area contributed by atoms with Gasteiger partial charge in [-0.3, -0.25) is 9.59 Å². The molecule has 1 aromatic heterocycles. The molecule has 0 N–H and O–H groups in total. The Labute approximate surface area is 166 Å². The third-order valence-corrected chi connectivity index (χ3v) is 6.67. The summed E-state index contributed by atoms with van der Waals surface area (Å²) in [5.74, 6) is 0.954. The number of hydrogen-bond donors (Lipinski definition) is 0. The van der Waals surface area contributed by atoms with Crippen molar-refractivity contribution < 1.29 is 9.59 Å². The largest absolute Gasteiger partial charge is 0.342 e. The highest BCUT2D eigenvalue weighted by Crippen LogP contribution is 2.39. The van der Waals surface area contributed by atoms with Gasteiger partial charge in [-0.1, -0.05) is 31.7 Å². The van der Waals surface area contributed by atoms with E-state index in [0.29, 0.717) is 17.2 Å². The first kappa shape index (κ1) is 20.2. The highest BCUT2D eigenvalue weighted by molar-refractivity contribution is 7.08. The Morgan fingerprint density at radius 1 is 1.30 bits per heavy atom. The molecule has 150 valence electrons. The Hall–Kier alpha value is -1.50. The molecule has 0 aliphatic carbocycles. The molecule has 0 saturated carbocycles. The lowest BCUT2D eigenvalue weighted by molar-refractivity contribution is -0.139. The van der Waals surface area contributed by atoms with Crippen molar-refractivity contribution in [2.24, 2.45) is 11.3 Å². The van der Waals surface area contributed by atoms with Crippen molar-refractivity contribution in [3.63, 3.8) is 0 Å². The van der Waals surface area contributed by atoms with Crippen LogP contribution in [0.2, 0.25) is 0 Å². The Kier molecular flexibility index (Phi) is 6.50. The van der Waals surface area contributed by atoms with Gasteiger partial charge in [-0.15, -0.1) is 5.10 Å². The molecular formula is C20H32N4O2S. The van der Waals surface area contributed by atoms with Gasteiger partial charge in [0.15, 0.2) is 0 Å². The standard InChI is InChI=1S/C20H32N4O2S/c1-4-6-16-18(27-22-21-16)19(26)24-11-5-9-20(14-24)10-7-17(25)23(13-20)12-8-15(2)3/h15H,4-14H2,1-3H3/t20-/m1/s1. The van der Waals surface area contributed by atoms with Crippen molar-refractivity contribution in [1.29, 1.82) is 0 Å². The van der Waals surface area contributed by atoms with Crippen LogP contribution >= 0.6 is 11.5 Å². The first-order chi connectivity index (χ1) is 12.9. The number of hydrogen-bond acceptors (Lipinski definition) is 5. The summed E-state index contributed by atoms with van der Waals surface area (Å²) in [5, 5.41) is 4.16. The summed E-state index contributed by atoms with van der Waals surface area (Å²) in [5.41, 5.74) is 0.895. The number of rotatable bonds is 6. The SMILES string of the molecule is CCCc1nnsc1C(=O)N1CCC[C@]2(CCC(=O)N(CCC(C)C)C2)C1. The van der Waals surface area contributed by atoms with Crippen LogP contribution in [0.4, 0.5) is 0 Å². The molecular weight excluding hydrogens is 360 g/mol. The summed E-state index contributed by atoms with van der Waals surface area (Å²) in [6.45, 7) is 9.67. The van der Waals surface area contributed by atoms with Crippen LogP contribution in [0.15, 0.2) is 0 Å². The van der Waals surface area contributed by atoms with E-state index in [2.05, 4.69) is 30.4 Å². The Bertz CT molecular complexity index is 675. The van der Waals surface area contributed by atoms with E-state index >= 15 is 0 Å². The first-order valence-electron chi connectivity index (χ1n) is 10.3. The fourth-order valence-electron chi connectivity index (χ4n) is 4.35. The van der Waals surface area contributed by atoms with Gasteiger partial charge in [0.25, 0.3) is 5.91 Å². The van der Waals surface area contributed by atoms with Crippen LogP contribution in [0.5, 0.6) is 0 Å². The molecule has 2 saturated heterocycles. The van der Waals surface area contributed by atoms with Gasteiger partial charge in [-0.25, -0.2) is 0 Å². The van der Waals surface area contributed by atoms with Gasteiger partial charge >= 0.3 is 0 Å². The van der Waals surface area contributed by atoms with E-state index in [1.165, 1.54) is 11.5 Å². The van der Waals surface area contributed by atoms with Gasteiger partial charge < -0.3 is 9.80 Å². The molecule has 7 heteroatoms. The molecule has 2 aliphatic heterocycles. The Balaban J connectivity index is 1.70. The average molecular weight is 393 g/mol. The van der Waals surface area contributed by atoms with Gasteiger partial charge in [0, 0.05) is 38.0 Å². The van der Waals surface area contributed by atoms with Crippen molar-refractivity contribution in [3.8, 4) is 0 Å². The van der Waals surface area contributed by atoms with Crippen LogP contribution < -0.4 is 0 Å². The number of likely N-dealkylation sites (tertiary alicyclic amines) is 2. The summed E-state index contributed by atoms with van der Waals surface area (Å²) in [7, 11) is 0. The van der Waals surface area contributed by atoms with Crippen LogP contribution in [0.3, 0.4) is 0 Å². The number of piperidine rings is 2. The van der Waals surface area contributed by atoms with Crippen molar-refractivity contribution in [2.45, 2.75) is 65.7 Å². The second-order valence-electron chi connectivity index (χ2n) is 8.63. The monoisotopic (exact) mass is 392 g/mol. The van der Waals surface area contributed by atoms with Crippen molar-refractivity contribution in [2.75, 3.05) is 26.2 Å². The molecule has 0 unspecified atom stereocenters. The zero-order chi connectivity index (χ0) is 19.4. The van der Waals surface area contributed by atoms with Crippen LogP contribution in [-0.2, 0) is 11.2 Å². The number of aromatic nitrogens is 2. The predicted octanol–water partition coefficient (Wildman–Crippen LogP) is 3.38. The molecule has 27 heavy (non-hydrogen) atoms. The molecule has 1 spiro atoms. The van der Waals surface area contributed by atoms with Gasteiger partial charge in [-0.05, 0) is 49.6 Å². The van der Waals surface area contributed by atoms with Crippen LogP contribution in [0.1, 0.15) is 74.7 Å². The molecule has 3 rings (SSSR count). The number of carbonyl (C=O) groups excluding carboxylic acids is 2. The molecule has 1 atom stereocenters. The molecule has 2 aliphatic rings. The average Bonchev–Trinajstić information content (AvgIpc) is 3.11. The van der Waals surface area contributed by atoms with E-state index in [-0.39, 0.29) is 17.2 Å². The zero-order valence-electron chi connectivity index (χ0n) is 16.9. The lowest BCUT2D eigenvalue weighted by Crippen LogP contribution is -2.55. The molecule has 3 heterocycles. The smallest absolute Gasteiger partial charge is 0.267 e. The summed E-state index contributed by atoms with van der Waals surface area (Å²) in [6.07, 6.45) is 6.42. The Morgan fingerprint density at radius 2 is 2.11 bits per heavy atom. The van der Waals surface area contributed by atoms with E-state index in [9.17, 15) is 9.59 Å². The molecule has 6 nitrogen and oxygen atoms in total. The van der Waals surface area contributed by atoms with E-state index in [1.54, 1.807) is 0 Å². The summed E-state index contributed by atoms with van der Waals surface area (Å²) >= 11 is 1.22.